The van der Waals surface area contributed by atoms with Gasteiger partial charge >= 0.3 is 5.97 Å². The third-order valence-corrected chi connectivity index (χ3v) is 5.41. The smallest absolute Gasteiger partial charge is 0.314 e. The van der Waals surface area contributed by atoms with Gasteiger partial charge in [0.05, 0.1) is 17.6 Å². The number of benzene rings is 1. The Morgan fingerprint density at radius 3 is 2.50 bits per heavy atom. The predicted molar refractivity (Wildman–Crippen MR) is 84.1 cm³/mol. The Kier molecular flexibility index (Phi) is 4.47. The molecule has 2 saturated carbocycles. The van der Waals surface area contributed by atoms with Crippen LogP contribution in [0.5, 0.6) is 5.75 Å². The zero-order chi connectivity index (χ0) is 15.5. The van der Waals surface area contributed by atoms with Gasteiger partial charge in [0.2, 0.25) is 0 Å². The number of nitrogens with zero attached hydrogens (tertiary/aromatic N) is 1. The van der Waals surface area contributed by atoms with Crippen LogP contribution in [0.2, 0.25) is 0 Å². The van der Waals surface area contributed by atoms with E-state index in [4.69, 9.17) is 10.00 Å². The third kappa shape index (κ3) is 3.32. The van der Waals surface area contributed by atoms with E-state index in [0.717, 1.165) is 24.7 Å². The van der Waals surface area contributed by atoms with Gasteiger partial charge < -0.3 is 4.74 Å². The standard InChI is InChI=1S/C19H23NO2/c1-13-2-5-16-11-17(7-6-15(16)10-13)19(21)22-18-8-3-14(12-20)4-9-18/h3-4,8-9,13,15-17H,2,5-7,10-11H2,1H3. The number of carbonyl (C=O) groups is 1. The van der Waals surface area contributed by atoms with E-state index in [2.05, 4.69) is 13.0 Å². The summed E-state index contributed by atoms with van der Waals surface area (Å²) in [5.74, 6) is 2.88. The summed E-state index contributed by atoms with van der Waals surface area (Å²) in [5.41, 5.74) is 0.580. The van der Waals surface area contributed by atoms with E-state index < -0.39 is 0 Å². The minimum absolute atomic E-state index is 0.0466. The Morgan fingerprint density at radius 2 is 1.77 bits per heavy atom. The summed E-state index contributed by atoms with van der Waals surface area (Å²) in [7, 11) is 0. The first-order chi connectivity index (χ1) is 10.7. The zero-order valence-corrected chi connectivity index (χ0v) is 13.1. The molecule has 1 aromatic carbocycles. The quantitative estimate of drug-likeness (QED) is 0.603. The van der Waals surface area contributed by atoms with Crippen LogP contribution < -0.4 is 4.74 Å². The molecule has 3 rings (SSSR count). The Hall–Kier alpha value is -1.82. The molecule has 0 bridgehead atoms. The molecule has 0 radical (unpaired) electrons. The van der Waals surface area contributed by atoms with Gasteiger partial charge in [-0.15, -0.1) is 0 Å². The van der Waals surface area contributed by atoms with Crippen LogP contribution in [0.4, 0.5) is 0 Å². The highest BCUT2D eigenvalue weighted by Gasteiger charge is 2.37. The number of fused-ring (bicyclic) bond motifs is 1. The molecule has 22 heavy (non-hydrogen) atoms. The number of ether oxygens (including phenoxy) is 1. The first kappa shape index (κ1) is 15.1. The van der Waals surface area contributed by atoms with Crippen molar-refractivity contribution in [2.24, 2.45) is 23.7 Å². The number of nitriles is 1. The number of hydrogen-bond donors (Lipinski definition) is 0. The maximum absolute atomic E-state index is 12.4. The van der Waals surface area contributed by atoms with Gasteiger partial charge in [-0.2, -0.15) is 5.26 Å². The fraction of sp³-hybridized carbons (Fsp3) is 0.579. The van der Waals surface area contributed by atoms with E-state index in [-0.39, 0.29) is 11.9 Å². The van der Waals surface area contributed by atoms with Gasteiger partial charge in [0.25, 0.3) is 0 Å². The fourth-order valence-electron chi connectivity index (χ4n) is 4.13. The Balaban J connectivity index is 1.57. The van der Waals surface area contributed by atoms with E-state index in [1.165, 1.54) is 25.7 Å². The highest BCUT2D eigenvalue weighted by atomic mass is 16.5. The van der Waals surface area contributed by atoms with Gasteiger partial charge in [-0.05, 0) is 74.1 Å². The van der Waals surface area contributed by atoms with E-state index >= 15 is 0 Å². The fourth-order valence-corrected chi connectivity index (χ4v) is 4.13. The lowest BCUT2D eigenvalue weighted by Crippen LogP contribution is -2.34. The minimum atomic E-state index is -0.0956. The van der Waals surface area contributed by atoms with Crippen LogP contribution in [0.3, 0.4) is 0 Å². The number of carbonyl (C=O) groups excluding carboxylic acids is 1. The van der Waals surface area contributed by atoms with Crippen LogP contribution >= 0.6 is 0 Å². The van der Waals surface area contributed by atoms with Crippen LogP contribution in [0.25, 0.3) is 0 Å². The lowest BCUT2D eigenvalue weighted by Gasteiger charge is -2.40. The zero-order valence-electron chi connectivity index (χ0n) is 13.1. The van der Waals surface area contributed by atoms with Crippen molar-refractivity contribution in [1.82, 2.24) is 0 Å². The molecule has 0 heterocycles. The van der Waals surface area contributed by atoms with Crippen molar-refractivity contribution < 1.29 is 9.53 Å². The molecule has 0 N–H and O–H groups in total. The van der Waals surface area contributed by atoms with Crippen molar-refractivity contribution >= 4 is 5.97 Å². The second-order valence-corrected chi connectivity index (χ2v) is 7.01. The molecular formula is C19H23NO2. The summed E-state index contributed by atoms with van der Waals surface area (Å²) in [4.78, 5) is 12.4. The molecule has 116 valence electrons. The van der Waals surface area contributed by atoms with Crippen LogP contribution in [-0.2, 0) is 4.79 Å². The van der Waals surface area contributed by atoms with Crippen molar-refractivity contribution in [3.05, 3.63) is 29.8 Å². The van der Waals surface area contributed by atoms with Crippen LogP contribution in [0.1, 0.15) is 51.0 Å². The molecular weight excluding hydrogens is 274 g/mol. The van der Waals surface area contributed by atoms with E-state index in [0.29, 0.717) is 17.2 Å². The molecule has 3 nitrogen and oxygen atoms in total. The molecule has 0 aliphatic heterocycles. The average Bonchev–Trinajstić information content (AvgIpc) is 2.55. The average molecular weight is 297 g/mol. The lowest BCUT2D eigenvalue weighted by atomic mass is 9.65. The molecule has 0 spiro atoms. The summed E-state index contributed by atoms with van der Waals surface area (Å²) in [5, 5.41) is 8.79. The normalized spacial score (nSPS) is 30.9. The van der Waals surface area contributed by atoms with E-state index in [9.17, 15) is 4.79 Å². The highest BCUT2D eigenvalue weighted by molar-refractivity contribution is 5.75. The second kappa shape index (κ2) is 6.52. The van der Waals surface area contributed by atoms with Crippen molar-refractivity contribution in [3.63, 3.8) is 0 Å². The third-order valence-electron chi connectivity index (χ3n) is 5.41. The number of hydrogen-bond acceptors (Lipinski definition) is 3. The molecule has 4 atom stereocenters. The topological polar surface area (TPSA) is 50.1 Å². The van der Waals surface area contributed by atoms with Crippen molar-refractivity contribution in [2.75, 3.05) is 0 Å². The second-order valence-electron chi connectivity index (χ2n) is 7.01. The van der Waals surface area contributed by atoms with Gasteiger partial charge in [-0.3, -0.25) is 4.79 Å². The molecule has 0 aromatic heterocycles. The minimum Gasteiger partial charge on any atom is -0.426 e. The van der Waals surface area contributed by atoms with Gasteiger partial charge in [0.1, 0.15) is 5.75 Å². The maximum Gasteiger partial charge on any atom is 0.314 e. The summed E-state index contributed by atoms with van der Waals surface area (Å²) in [6.45, 7) is 2.35. The number of esters is 1. The molecule has 1 aromatic rings. The molecule has 3 heteroatoms. The number of rotatable bonds is 2. The first-order valence-electron chi connectivity index (χ1n) is 8.37. The largest absolute Gasteiger partial charge is 0.426 e. The Morgan fingerprint density at radius 1 is 1.09 bits per heavy atom. The summed E-state index contributed by atoms with van der Waals surface area (Å²) in [6.07, 6.45) is 7.03. The SMILES string of the molecule is CC1CCC2CC(C(=O)Oc3ccc(C#N)cc3)CCC2C1. The summed E-state index contributed by atoms with van der Waals surface area (Å²) >= 11 is 0. The Labute approximate surface area is 132 Å². The monoisotopic (exact) mass is 297 g/mol. The van der Waals surface area contributed by atoms with Gasteiger partial charge in [-0.1, -0.05) is 13.3 Å². The molecule has 2 fully saturated rings. The van der Waals surface area contributed by atoms with Gasteiger partial charge in [0, 0.05) is 0 Å². The summed E-state index contributed by atoms with van der Waals surface area (Å²) in [6, 6.07) is 8.83. The summed E-state index contributed by atoms with van der Waals surface area (Å²) < 4.78 is 5.51. The van der Waals surface area contributed by atoms with Gasteiger partial charge in [0.15, 0.2) is 0 Å². The van der Waals surface area contributed by atoms with Crippen molar-refractivity contribution in [1.29, 1.82) is 5.26 Å². The molecule has 2 aliphatic rings. The van der Waals surface area contributed by atoms with Crippen LogP contribution in [0, 0.1) is 35.0 Å². The molecule has 4 unspecified atom stereocenters. The lowest BCUT2D eigenvalue weighted by molar-refractivity contribution is -0.141. The van der Waals surface area contributed by atoms with E-state index in [1.54, 1.807) is 24.3 Å². The first-order valence-corrected chi connectivity index (χ1v) is 8.37. The molecule has 0 saturated heterocycles. The van der Waals surface area contributed by atoms with Crippen molar-refractivity contribution in [3.8, 4) is 11.8 Å². The van der Waals surface area contributed by atoms with Crippen LogP contribution in [-0.4, -0.2) is 5.97 Å². The van der Waals surface area contributed by atoms with Gasteiger partial charge in [-0.25, -0.2) is 0 Å². The predicted octanol–water partition coefficient (Wildman–Crippen LogP) is 4.32. The highest BCUT2D eigenvalue weighted by Crippen LogP contribution is 2.44. The Bertz CT molecular complexity index is 572. The molecule has 2 aliphatic carbocycles. The van der Waals surface area contributed by atoms with Crippen LogP contribution in [0.15, 0.2) is 24.3 Å². The molecule has 0 amide bonds. The van der Waals surface area contributed by atoms with E-state index in [1.807, 2.05) is 0 Å². The van der Waals surface area contributed by atoms with Crippen molar-refractivity contribution in [2.45, 2.75) is 45.4 Å². The maximum atomic E-state index is 12.4.